The number of oxime groups is 1. The maximum atomic E-state index is 12.7. The third kappa shape index (κ3) is 4.66. The Hall–Kier alpha value is -1.88. The third-order valence-electron chi connectivity index (χ3n) is 3.36. The molecule has 4 nitrogen and oxygen atoms in total. The molecule has 3 N–H and O–H groups in total. The summed E-state index contributed by atoms with van der Waals surface area (Å²) in [7, 11) is 0. The van der Waals surface area contributed by atoms with Crippen molar-refractivity contribution in [2.75, 3.05) is 13.1 Å². The number of benzene rings is 1. The van der Waals surface area contributed by atoms with Crippen LogP contribution in [0.5, 0.6) is 0 Å². The van der Waals surface area contributed by atoms with E-state index >= 15 is 0 Å². The highest BCUT2D eigenvalue weighted by atomic mass is 19.1. The Kier molecular flexibility index (Phi) is 5.55. The smallest absolute Gasteiger partial charge is 0.142 e. The van der Waals surface area contributed by atoms with Gasteiger partial charge in [-0.25, -0.2) is 4.39 Å². The summed E-state index contributed by atoms with van der Waals surface area (Å²) in [5, 5.41) is 7.13. The van der Waals surface area contributed by atoms with Crippen molar-refractivity contribution in [2.24, 2.45) is 16.8 Å². The zero-order chi connectivity index (χ0) is 14.2. The van der Waals surface area contributed by atoms with Crippen molar-refractivity contribution in [3.05, 3.63) is 47.4 Å². The maximum Gasteiger partial charge on any atom is 0.142 e. The molecule has 0 aromatic heterocycles. The number of halogens is 1. The van der Waals surface area contributed by atoms with E-state index in [2.05, 4.69) is 10.5 Å². The third-order valence-corrected chi connectivity index (χ3v) is 3.36. The molecule has 1 heterocycles. The number of nitrogens with one attached hydrogen (secondary N) is 1. The number of hydrogen-bond acceptors (Lipinski definition) is 4. The van der Waals surface area contributed by atoms with Crippen LogP contribution in [0.3, 0.4) is 0 Å². The average molecular weight is 277 g/mol. The molecular formula is C15H20FN3O. The summed E-state index contributed by atoms with van der Waals surface area (Å²) in [4.78, 5) is 5.13. The number of piperidine rings is 1. The fourth-order valence-electron chi connectivity index (χ4n) is 2.14. The Labute approximate surface area is 118 Å². The Morgan fingerprint density at radius 1 is 1.35 bits per heavy atom. The second kappa shape index (κ2) is 7.65. The molecule has 2 rings (SSSR count). The van der Waals surface area contributed by atoms with Crippen LogP contribution in [0.25, 0.3) is 0 Å². The van der Waals surface area contributed by atoms with Crippen molar-refractivity contribution in [3.8, 4) is 0 Å². The summed E-state index contributed by atoms with van der Waals surface area (Å²) < 4.78 is 12.7. The van der Waals surface area contributed by atoms with Crippen molar-refractivity contribution >= 4 is 6.21 Å². The molecule has 0 atom stereocenters. The lowest BCUT2D eigenvalue weighted by molar-refractivity contribution is 0.132. The molecule has 0 spiro atoms. The van der Waals surface area contributed by atoms with Crippen LogP contribution in [0.15, 0.2) is 41.2 Å². The SMILES string of the molecule is N/C(=C\C=N\OCc1ccc(F)cc1)C1CCNCC1. The van der Waals surface area contributed by atoms with Gasteiger partial charge in [-0.2, -0.15) is 0 Å². The maximum absolute atomic E-state index is 12.7. The van der Waals surface area contributed by atoms with Crippen molar-refractivity contribution in [1.29, 1.82) is 0 Å². The lowest BCUT2D eigenvalue weighted by Gasteiger charge is -2.22. The van der Waals surface area contributed by atoms with Gasteiger partial charge in [-0.3, -0.25) is 0 Å². The molecular weight excluding hydrogens is 257 g/mol. The molecule has 1 aromatic carbocycles. The van der Waals surface area contributed by atoms with Crippen molar-refractivity contribution < 1.29 is 9.23 Å². The molecule has 1 saturated heterocycles. The molecule has 1 aliphatic heterocycles. The minimum absolute atomic E-state index is 0.255. The van der Waals surface area contributed by atoms with Gasteiger partial charge in [-0.15, -0.1) is 0 Å². The first-order valence-electron chi connectivity index (χ1n) is 6.82. The van der Waals surface area contributed by atoms with E-state index in [9.17, 15) is 4.39 Å². The first kappa shape index (κ1) is 14.5. The molecule has 108 valence electrons. The molecule has 0 bridgehead atoms. The highest BCUT2D eigenvalue weighted by molar-refractivity contribution is 5.71. The van der Waals surface area contributed by atoms with E-state index in [0.29, 0.717) is 12.5 Å². The van der Waals surface area contributed by atoms with Gasteiger partial charge in [0.1, 0.15) is 12.4 Å². The van der Waals surface area contributed by atoms with Gasteiger partial charge in [0, 0.05) is 11.6 Å². The Morgan fingerprint density at radius 3 is 2.75 bits per heavy atom. The average Bonchev–Trinajstić information content (AvgIpc) is 2.49. The Morgan fingerprint density at radius 2 is 2.05 bits per heavy atom. The van der Waals surface area contributed by atoms with Crippen molar-refractivity contribution in [2.45, 2.75) is 19.4 Å². The van der Waals surface area contributed by atoms with E-state index in [1.165, 1.54) is 12.1 Å². The van der Waals surface area contributed by atoms with Gasteiger partial charge in [0.05, 0.1) is 6.21 Å². The van der Waals surface area contributed by atoms with E-state index in [4.69, 9.17) is 10.6 Å². The standard InChI is InChI=1S/C15H20FN3O/c16-14-3-1-12(2-4-14)11-20-19-10-7-15(17)13-5-8-18-9-6-13/h1-4,7,10,13,18H,5-6,8-9,11,17H2/b15-7-,19-10+. The second-order valence-corrected chi connectivity index (χ2v) is 4.85. The van der Waals surface area contributed by atoms with Crippen molar-refractivity contribution in [1.82, 2.24) is 5.32 Å². The number of rotatable bonds is 5. The van der Waals surface area contributed by atoms with Crippen LogP contribution in [0.1, 0.15) is 18.4 Å². The highest BCUT2D eigenvalue weighted by Gasteiger charge is 2.14. The summed E-state index contributed by atoms with van der Waals surface area (Å²) in [5.74, 6) is 0.176. The van der Waals surface area contributed by atoms with Crippen molar-refractivity contribution in [3.63, 3.8) is 0 Å². The van der Waals surface area contributed by atoms with Crippen LogP contribution in [-0.2, 0) is 11.4 Å². The number of hydrogen-bond donors (Lipinski definition) is 2. The minimum atomic E-state index is -0.255. The Balaban J connectivity index is 1.74. The van der Waals surface area contributed by atoms with Crippen LogP contribution >= 0.6 is 0 Å². The lowest BCUT2D eigenvalue weighted by Crippen LogP contribution is -2.30. The van der Waals surface area contributed by atoms with Crippen LogP contribution in [0.4, 0.5) is 4.39 Å². The lowest BCUT2D eigenvalue weighted by atomic mass is 9.95. The van der Waals surface area contributed by atoms with Gasteiger partial charge < -0.3 is 15.9 Å². The summed E-state index contributed by atoms with van der Waals surface area (Å²) >= 11 is 0. The monoisotopic (exact) mass is 277 g/mol. The minimum Gasteiger partial charge on any atom is -0.402 e. The predicted molar refractivity (Wildman–Crippen MR) is 77.5 cm³/mol. The molecule has 1 fully saturated rings. The van der Waals surface area contributed by atoms with E-state index in [1.807, 2.05) is 0 Å². The number of allylic oxidation sites excluding steroid dienone is 2. The summed E-state index contributed by atoms with van der Waals surface area (Å²) in [6, 6.07) is 6.14. The molecule has 0 aliphatic carbocycles. The van der Waals surface area contributed by atoms with Gasteiger partial charge in [0.2, 0.25) is 0 Å². The predicted octanol–water partition coefficient (Wildman–Crippen LogP) is 2.17. The number of nitrogens with two attached hydrogens (primary N) is 1. The van der Waals surface area contributed by atoms with Gasteiger partial charge in [0.15, 0.2) is 0 Å². The number of nitrogens with zero attached hydrogens (tertiary/aromatic N) is 1. The molecule has 0 unspecified atom stereocenters. The van der Waals surface area contributed by atoms with E-state index in [-0.39, 0.29) is 5.82 Å². The first-order chi connectivity index (χ1) is 9.75. The van der Waals surface area contributed by atoms with Gasteiger partial charge >= 0.3 is 0 Å². The van der Waals surface area contributed by atoms with Crippen LogP contribution in [0.2, 0.25) is 0 Å². The molecule has 0 saturated carbocycles. The topological polar surface area (TPSA) is 59.6 Å². The van der Waals surface area contributed by atoms with Gasteiger partial charge in [0.25, 0.3) is 0 Å². The summed E-state index contributed by atoms with van der Waals surface area (Å²) in [6.45, 7) is 2.34. The molecule has 1 aliphatic rings. The fourth-order valence-corrected chi connectivity index (χ4v) is 2.14. The van der Waals surface area contributed by atoms with Crippen LogP contribution in [0, 0.1) is 11.7 Å². The Bertz CT molecular complexity index is 465. The quantitative estimate of drug-likeness (QED) is 0.640. The molecule has 20 heavy (non-hydrogen) atoms. The van der Waals surface area contributed by atoms with Crippen LogP contribution < -0.4 is 11.1 Å². The second-order valence-electron chi connectivity index (χ2n) is 4.85. The van der Waals surface area contributed by atoms with Gasteiger partial charge in [-0.05, 0) is 49.7 Å². The summed E-state index contributed by atoms with van der Waals surface area (Å²) in [6.07, 6.45) is 5.49. The highest BCUT2D eigenvalue weighted by Crippen LogP contribution is 2.16. The van der Waals surface area contributed by atoms with E-state index in [1.54, 1.807) is 24.4 Å². The largest absolute Gasteiger partial charge is 0.402 e. The van der Waals surface area contributed by atoms with E-state index in [0.717, 1.165) is 37.2 Å². The molecule has 0 amide bonds. The fraction of sp³-hybridized carbons (Fsp3) is 0.400. The summed E-state index contributed by atoms with van der Waals surface area (Å²) in [5.41, 5.74) is 7.73. The van der Waals surface area contributed by atoms with Gasteiger partial charge in [-0.1, -0.05) is 17.3 Å². The zero-order valence-corrected chi connectivity index (χ0v) is 11.4. The van der Waals surface area contributed by atoms with Crippen LogP contribution in [-0.4, -0.2) is 19.3 Å². The molecule has 1 aromatic rings. The molecule has 0 radical (unpaired) electrons. The first-order valence-corrected chi connectivity index (χ1v) is 6.82. The molecule has 5 heteroatoms. The zero-order valence-electron chi connectivity index (χ0n) is 11.4. The normalized spacial score (nSPS) is 17.6. The van der Waals surface area contributed by atoms with E-state index < -0.39 is 0 Å².